The number of nitrogen functional groups attached to an aromatic ring is 1. The normalized spacial score (nSPS) is 11.7. The fourth-order valence-corrected chi connectivity index (χ4v) is 3.19. The molecule has 0 atom stereocenters. The van der Waals surface area contributed by atoms with E-state index < -0.39 is 10.0 Å². The van der Waals surface area contributed by atoms with Gasteiger partial charge in [0.2, 0.25) is 10.0 Å². The molecule has 0 amide bonds. The number of anilines is 1. The molecule has 2 aromatic heterocycles. The van der Waals surface area contributed by atoms with Gasteiger partial charge in [0.05, 0.1) is 6.20 Å². The van der Waals surface area contributed by atoms with E-state index in [1.807, 2.05) is 0 Å². The fourth-order valence-electron chi connectivity index (χ4n) is 1.52. The number of hydrogen-bond acceptors (Lipinski definition) is 6. The predicted molar refractivity (Wildman–Crippen MR) is 76.2 cm³/mol. The minimum absolute atomic E-state index is 0.0306. The molecule has 0 saturated carbocycles. The zero-order chi connectivity index (χ0) is 14.6. The summed E-state index contributed by atoms with van der Waals surface area (Å²) in [5.41, 5.74) is 5.58. The van der Waals surface area contributed by atoms with Crippen molar-refractivity contribution in [3.05, 3.63) is 29.1 Å². The van der Waals surface area contributed by atoms with E-state index in [4.69, 9.17) is 5.73 Å². The maximum atomic E-state index is 12.1. The third-order valence-corrected chi connectivity index (χ3v) is 4.39. The van der Waals surface area contributed by atoms with Gasteiger partial charge < -0.3 is 5.73 Å². The molecule has 0 aliphatic rings. The monoisotopic (exact) mass is 360 g/mol. The molecular formula is C10H13BrN6O2S. The Bertz CT molecular complexity index is 673. The number of nitrogens with two attached hydrogens (primary N) is 1. The highest BCUT2D eigenvalue weighted by Gasteiger charge is 2.18. The first-order valence-electron chi connectivity index (χ1n) is 5.74. The molecule has 8 nitrogen and oxygen atoms in total. The lowest BCUT2D eigenvalue weighted by Gasteiger charge is -2.08. The summed E-state index contributed by atoms with van der Waals surface area (Å²) in [6, 6.07) is 1.42. The van der Waals surface area contributed by atoms with Gasteiger partial charge in [-0.15, -0.1) is 5.10 Å². The fraction of sp³-hybridized carbons (Fsp3) is 0.300. The summed E-state index contributed by atoms with van der Waals surface area (Å²) < 4.78 is 28.8. The second-order valence-electron chi connectivity index (χ2n) is 3.95. The van der Waals surface area contributed by atoms with Crippen LogP contribution in [0.3, 0.4) is 0 Å². The lowest BCUT2D eigenvalue weighted by molar-refractivity contribution is 0.542. The number of aromatic nitrogens is 4. The Balaban J connectivity index is 1.95. The third kappa shape index (κ3) is 3.74. The molecule has 0 aliphatic carbocycles. The van der Waals surface area contributed by atoms with E-state index in [1.54, 1.807) is 17.1 Å². The second-order valence-corrected chi connectivity index (χ2v) is 6.61. The summed E-state index contributed by atoms with van der Waals surface area (Å²) >= 11 is 3.17. The van der Waals surface area contributed by atoms with Crippen LogP contribution in [-0.4, -0.2) is 34.9 Å². The number of rotatable bonds is 6. The van der Waals surface area contributed by atoms with Crippen LogP contribution >= 0.6 is 15.9 Å². The SMILES string of the molecule is Nc1ncc(Br)cc1S(=O)(=O)NCCCn1ccnn1. The maximum Gasteiger partial charge on any atom is 0.244 e. The minimum atomic E-state index is -3.67. The maximum absolute atomic E-state index is 12.1. The number of nitrogens with one attached hydrogen (secondary N) is 1. The van der Waals surface area contributed by atoms with E-state index in [0.29, 0.717) is 17.4 Å². The molecule has 3 N–H and O–H groups in total. The molecule has 0 unspecified atom stereocenters. The van der Waals surface area contributed by atoms with Gasteiger partial charge in [-0.05, 0) is 28.4 Å². The van der Waals surface area contributed by atoms with Gasteiger partial charge in [0.25, 0.3) is 0 Å². The Morgan fingerprint density at radius 3 is 2.95 bits per heavy atom. The molecule has 2 aromatic rings. The first kappa shape index (κ1) is 14.9. The quantitative estimate of drug-likeness (QED) is 0.719. The molecule has 10 heteroatoms. The molecule has 0 aliphatic heterocycles. The molecule has 0 aromatic carbocycles. The number of halogens is 1. The summed E-state index contributed by atoms with van der Waals surface area (Å²) in [4.78, 5) is 3.77. The predicted octanol–water partition coefficient (Wildman–Crippen LogP) is 0.386. The summed E-state index contributed by atoms with van der Waals surface area (Å²) in [7, 11) is -3.67. The van der Waals surface area contributed by atoms with Crippen molar-refractivity contribution in [3.8, 4) is 0 Å². The molecule has 2 rings (SSSR count). The highest BCUT2D eigenvalue weighted by Crippen LogP contribution is 2.20. The van der Waals surface area contributed by atoms with Crippen molar-refractivity contribution >= 4 is 31.8 Å². The zero-order valence-corrected chi connectivity index (χ0v) is 12.8. The molecule has 0 saturated heterocycles. The van der Waals surface area contributed by atoms with Crippen LogP contribution in [0.1, 0.15) is 6.42 Å². The average molecular weight is 361 g/mol. The van der Waals surface area contributed by atoms with Crippen LogP contribution in [0.15, 0.2) is 34.0 Å². The lowest BCUT2D eigenvalue weighted by Crippen LogP contribution is -2.26. The van der Waals surface area contributed by atoms with Gasteiger partial charge in [0.1, 0.15) is 10.7 Å². The Hall–Kier alpha value is -1.52. The van der Waals surface area contributed by atoms with E-state index in [2.05, 4.69) is 35.9 Å². The smallest absolute Gasteiger partial charge is 0.244 e. The summed E-state index contributed by atoms with van der Waals surface area (Å²) in [5, 5.41) is 7.45. The van der Waals surface area contributed by atoms with Crippen LogP contribution in [0.4, 0.5) is 5.82 Å². The molecule has 108 valence electrons. The Morgan fingerprint density at radius 2 is 2.25 bits per heavy atom. The number of aryl methyl sites for hydroxylation is 1. The van der Waals surface area contributed by atoms with Crippen LogP contribution < -0.4 is 10.5 Å². The molecule has 0 radical (unpaired) electrons. The zero-order valence-electron chi connectivity index (χ0n) is 10.4. The molecule has 0 bridgehead atoms. The lowest BCUT2D eigenvalue weighted by atomic mass is 10.4. The number of pyridine rings is 1. The second kappa shape index (κ2) is 6.29. The standard InChI is InChI=1S/C10H13BrN6O2S/c11-8-6-9(10(12)13-7-8)20(18,19)15-2-1-4-17-5-3-14-16-17/h3,5-7,15H,1-2,4H2,(H2,12,13). The number of sulfonamides is 1. The average Bonchev–Trinajstić information content (AvgIpc) is 2.90. The Labute approximate surface area is 124 Å². The number of nitrogens with zero attached hydrogens (tertiary/aromatic N) is 4. The largest absolute Gasteiger partial charge is 0.383 e. The topological polar surface area (TPSA) is 116 Å². The minimum Gasteiger partial charge on any atom is -0.383 e. The van der Waals surface area contributed by atoms with Crippen LogP contribution in [-0.2, 0) is 16.6 Å². The van der Waals surface area contributed by atoms with Crippen LogP contribution in [0.25, 0.3) is 0 Å². The van der Waals surface area contributed by atoms with Crippen LogP contribution in [0.5, 0.6) is 0 Å². The van der Waals surface area contributed by atoms with Crippen molar-refractivity contribution in [3.63, 3.8) is 0 Å². The van der Waals surface area contributed by atoms with Gasteiger partial charge in [-0.3, -0.25) is 4.68 Å². The van der Waals surface area contributed by atoms with Crippen LogP contribution in [0, 0.1) is 0 Å². The Kier molecular flexibility index (Phi) is 4.68. The molecule has 20 heavy (non-hydrogen) atoms. The highest BCUT2D eigenvalue weighted by molar-refractivity contribution is 9.10. The van der Waals surface area contributed by atoms with Crippen LogP contribution in [0.2, 0.25) is 0 Å². The van der Waals surface area contributed by atoms with Gasteiger partial charge in [-0.2, -0.15) is 0 Å². The van der Waals surface area contributed by atoms with Crippen molar-refractivity contribution in [1.82, 2.24) is 24.7 Å². The van der Waals surface area contributed by atoms with E-state index in [1.165, 1.54) is 12.3 Å². The molecule has 0 fully saturated rings. The van der Waals surface area contributed by atoms with E-state index in [-0.39, 0.29) is 17.3 Å². The molecular weight excluding hydrogens is 348 g/mol. The number of hydrogen-bond donors (Lipinski definition) is 2. The molecule has 0 spiro atoms. The summed E-state index contributed by atoms with van der Waals surface area (Å²) in [6.07, 6.45) is 5.31. The third-order valence-electron chi connectivity index (χ3n) is 2.47. The van der Waals surface area contributed by atoms with Gasteiger partial charge in [-0.25, -0.2) is 18.1 Å². The first-order chi connectivity index (χ1) is 9.49. The Morgan fingerprint density at radius 1 is 1.45 bits per heavy atom. The van der Waals surface area contributed by atoms with Crippen molar-refractivity contribution in [2.24, 2.45) is 0 Å². The van der Waals surface area contributed by atoms with E-state index in [9.17, 15) is 8.42 Å². The van der Waals surface area contributed by atoms with Crippen molar-refractivity contribution in [2.45, 2.75) is 17.9 Å². The van der Waals surface area contributed by atoms with E-state index >= 15 is 0 Å². The first-order valence-corrected chi connectivity index (χ1v) is 8.01. The summed E-state index contributed by atoms with van der Waals surface area (Å²) in [6.45, 7) is 0.850. The van der Waals surface area contributed by atoms with Crippen molar-refractivity contribution in [1.29, 1.82) is 0 Å². The van der Waals surface area contributed by atoms with Gasteiger partial charge >= 0.3 is 0 Å². The van der Waals surface area contributed by atoms with Crippen molar-refractivity contribution in [2.75, 3.05) is 12.3 Å². The van der Waals surface area contributed by atoms with Gasteiger partial charge in [0.15, 0.2) is 0 Å². The highest BCUT2D eigenvalue weighted by atomic mass is 79.9. The van der Waals surface area contributed by atoms with Gasteiger partial charge in [-0.1, -0.05) is 5.21 Å². The van der Waals surface area contributed by atoms with Gasteiger partial charge in [0, 0.05) is 30.0 Å². The van der Waals surface area contributed by atoms with E-state index in [0.717, 1.165) is 0 Å². The van der Waals surface area contributed by atoms with Crippen molar-refractivity contribution < 1.29 is 8.42 Å². The molecule has 2 heterocycles. The summed E-state index contributed by atoms with van der Waals surface area (Å²) in [5.74, 6) is -0.0306.